The summed E-state index contributed by atoms with van der Waals surface area (Å²) >= 11 is 0. The molecule has 0 aromatic rings. The van der Waals surface area contributed by atoms with Gasteiger partial charge in [0.05, 0.1) is 18.8 Å². The fourth-order valence-corrected chi connectivity index (χ4v) is 2.03. The topological polar surface area (TPSA) is 76.8 Å². The van der Waals surface area contributed by atoms with E-state index in [1.54, 1.807) is 0 Å². The maximum Gasteiger partial charge on any atom is 0.239 e. The molecular weight excluding hydrogens is 234 g/mol. The van der Waals surface area contributed by atoms with Gasteiger partial charge >= 0.3 is 0 Å². The minimum absolute atomic E-state index is 0.102. The molecule has 3 N–H and O–H groups in total. The molecule has 6 nitrogen and oxygen atoms in total. The van der Waals surface area contributed by atoms with Gasteiger partial charge < -0.3 is 20.5 Å². The number of methoxy groups -OCH3 is 1. The van der Waals surface area contributed by atoms with Gasteiger partial charge in [0.1, 0.15) is 6.04 Å². The number of nitrogens with two attached hydrogens (primary N) is 1. The molecule has 0 radical (unpaired) electrons. The average Bonchev–Trinajstić information content (AvgIpc) is 2.28. The van der Waals surface area contributed by atoms with Crippen LogP contribution in [-0.4, -0.2) is 69.0 Å². The molecule has 18 heavy (non-hydrogen) atoms. The first-order valence-electron chi connectivity index (χ1n) is 6.33. The molecule has 1 unspecified atom stereocenters. The zero-order chi connectivity index (χ0) is 13.6. The van der Waals surface area contributed by atoms with E-state index in [1.807, 2.05) is 0 Å². The van der Waals surface area contributed by atoms with Crippen molar-refractivity contribution in [2.45, 2.75) is 25.5 Å². The van der Waals surface area contributed by atoms with Crippen LogP contribution < -0.4 is 11.1 Å². The van der Waals surface area contributed by atoms with Crippen molar-refractivity contribution < 1.29 is 14.3 Å². The highest BCUT2D eigenvalue weighted by molar-refractivity contribution is 5.81. The number of hydrogen-bond donors (Lipinski definition) is 2. The van der Waals surface area contributed by atoms with Crippen LogP contribution in [0.4, 0.5) is 0 Å². The van der Waals surface area contributed by atoms with Crippen LogP contribution in [0.5, 0.6) is 0 Å². The zero-order valence-electron chi connectivity index (χ0n) is 11.6. The van der Waals surface area contributed by atoms with Gasteiger partial charge in [-0.1, -0.05) is 0 Å². The molecule has 1 heterocycles. The Bertz CT molecular complexity index is 271. The normalized spacial score (nSPS) is 21.6. The third-order valence-corrected chi connectivity index (χ3v) is 2.91. The summed E-state index contributed by atoms with van der Waals surface area (Å²) in [4.78, 5) is 13.8. The number of carbonyl (C=O) groups is 1. The molecule has 1 rings (SSSR count). The molecule has 1 amide bonds. The summed E-state index contributed by atoms with van der Waals surface area (Å²) in [5.74, 6) is -0.163. The number of hydrogen-bond acceptors (Lipinski definition) is 5. The van der Waals surface area contributed by atoms with E-state index in [2.05, 4.69) is 24.1 Å². The number of nitrogens with one attached hydrogen (secondary N) is 1. The summed E-state index contributed by atoms with van der Waals surface area (Å²) in [7, 11) is 1.53. The fraction of sp³-hybridized carbons (Fsp3) is 0.917. The molecule has 1 fully saturated rings. The van der Waals surface area contributed by atoms with Crippen LogP contribution in [0.15, 0.2) is 0 Å². The van der Waals surface area contributed by atoms with Gasteiger partial charge in [0.15, 0.2) is 0 Å². The first-order chi connectivity index (χ1) is 8.44. The van der Waals surface area contributed by atoms with Gasteiger partial charge in [0, 0.05) is 33.3 Å². The average molecular weight is 259 g/mol. The standard InChI is InChI=1S/C12H25N3O3/c1-12(2)9-15(6-7-18-12)5-4-14-11(16)10(13)8-17-3/h10H,4-9,13H2,1-3H3,(H,14,16). The van der Waals surface area contributed by atoms with E-state index in [9.17, 15) is 4.79 Å². The Labute approximate surface area is 109 Å². The summed E-state index contributed by atoms with van der Waals surface area (Å²) in [6.07, 6.45) is 0. The SMILES string of the molecule is COCC(N)C(=O)NCCN1CCOC(C)(C)C1. The van der Waals surface area contributed by atoms with Crippen molar-refractivity contribution in [1.82, 2.24) is 10.2 Å². The number of ether oxygens (including phenoxy) is 2. The Morgan fingerprint density at radius 1 is 1.61 bits per heavy atom. The van der Waals surface area contributed by atoms with Gasteiger partial charge in [-0.15, -0.1) is 0 Å². The number of amides is 1. The van der Waals surface area contributed by atoms with Crippen molar-refractivity contribution in [3.8, 4) is 0 Å². The van der Waals surface area contributed by atoms with Crippen LogP contribution in [0.2, 0.25) is 0 Å². The molecule has 1 saturated heterocycles. The number of nitrogens with zero attached hydrogens (tertiary/aromatic N) is 1. The van der Waals surface area contributed by atoms with Crippen molar-refractivity contribution in [2.24, 2.45) is 5.73 Å². The lowest BCUT2D eigenvalue weighted by molar-refractivity contribution is -0.123. The molecule has 106 valence electrons. The van der Waals surface area contributed by atoms with E-state index in [0.29, 0.717) is 6.54 Å². The van der Waals surface area contributed by atoms with Crippen molar-refractivity contribution in [3.05, 3.63) is 0 Å². The number of morpholine rings is 1. The zero-order valence-corrected chi connectivity index (χ0v) is 11.6. The van der Waals surface area contributed by atoms with Crippen molar-refractivity contribution >= 4 is 5.91 Å². The lowest BCUT2D eigenvalue weighted by atomic mass is 10.1. The largest absolute Gasteiger partial charge is 0.383 e. The second-order valence-electron chi connectivity index (χ2n) is 5.24. The van der Waals surface area contributed by atoms with Crippen LogP contribution in [0.25, 0.3) is 0 Å². The van der Waals surface area contributed by atoms with Crippen LogP contribution in [-0.2, 0) is 14.3 Å². The number of rotatable bonds is 6. The van der Waals surface area contributed by atoms with Crippen LogP contribution in [0, 0.1) is 0 Å². The maximum absolute atomic E-state index is 11.5. The molecule has 6 heteroatoms. The third-order valence-electron chi connectivity index (χ3n) is 2.91. The molecule has 0 bridgehead atoms. The lowest BCUT2D eigenvalue weighted by Gasteiger charge is -2.38. The molecule has 0 saturated carbocycles. The van der Waals surface area contributed by atoms with Crippen LogP contribution in [0.1, 0.15) is 13.8 Å². The van der Waals surface area contributed by atoms with Gasteiger partial charge in [-0.3, -0.25) is 9.69 Å². The van der Waals surface area contributed by atoms with Crippen molar-refractivity contribution in [1.29, 1.82) is 0 Å². The summed E-state index contributed by atoms with van der Waals surface area (Å²) in [6, 6.07) is -0.587. The molecule has 0 aliphatic carbocycles. The van der Waals surface area contributed by atoms with Gasteiger partial charge in [-0.25, -0.2) is 0 Å². The van der Waals surface area contributed by atoms with Crippen LogP contribution >= 0.6 is 0 Å². The summed E-state index contributed by atoms with van der Waals surface area (Å²) < 4.78 is 10.5. The van der Waals surface area contributed by atoms with Crippen LogP contribution in [0.3, 0.4) is 0 Å². The van der Waals surface area contributed by atoms with Gasteiger partial charge in [-0.05, 0) is 13.8 Å². The first-order valence-corrected chi connectivity index (χ1v) is 6.33. The highest BCUT2D eigenvalue weighted by Gasteiger charge is 2.26. The lowest BCUT2D eigenvalue weighted by Crippen LogP contribution is -2.51. The quantitative estimate of drug-likeness (QED) is 0.652. The second kappa shape index (κ2) is 7.04. The van der Waals surface area contributed by atoms with E-state index in [4.69, 9.17) is 15.2 Å². The van der Waals surface area contributed by atoms with Gasteiger partial charge in [-0.2, -0.15) is 0 Å². The summed E-state index contributed by atoms with van der Waals surface area (Å²) in [5.41, 5.74) is 5.52. The second-order valence-corrected chi connectivity index (χ2v) is 5.24. The minimum Gasteiger partial charge on any atom is -0.383 e. The molecule has 0 spiro atoms. The Balaban J connectivity index is 2.19. The fourth-order valence-electron chi connectivity index (χ4n) is 2.03. The summed E-state index contributed by atoms with van der Waals surface area (Å²) in [6.45, 7) is 8.35. The predicted octanol–water partition coefficient (Wildman–Crippen LogP) is -0.813. The molecule has 0 aromatic carbocycles. The van der Waals surface area contributed by atoms with E-state index < -0.39 is 6.04 Å². The third kappa shape index (κ3) is 5.30. The number of carbonyl (C=O) groups excluding carboxylic acids is 1. The molecule has 0 aromatic heterocycles. The smallest absolute Gasteiger partial charge is 0.239 e. The van der Waals surface area contributed by atoms with E-state index >= 15 is 0 Å². The predicted molar refractivity (Wildman–Crippen MR) is 69.3 cm³/mol. The van der Waals surface area contributed by atoms with Crippen molar-refractivity contribution in [3.63, 3.8) is 0 Å². The molecule has 1 aliphatic rings. The first kappa shape index (κ1) is 15.4. The minimum atomic E-state index is -0.587. The Morgan fingerprint density at radius 3 is 2.94 bits per heavy atom. The molecule has 1 aliphatic heterocycles. The molecule has 1 atom stereocenters. The Morgan fingerprint density at radius 2 is 2.33 bits per heavy atom. The summed E-state index contributed by atoms with van der Waals surface area (Å²) in [5, 5.41) is 2.82. The Kier molecular flexibility index (Phi) is 6.01. The van der Waals surface area contributed by atoms with Crippen molar-refractivity contribution in [2.75, 3.05) is 46.5 Å². The highest BCUT2D eigenvalue weighted by atomic mass is 16.5. The monoisotopic (exact) mass is 259 g/mol. The highest BCUT2D eigenvalue weighted by Crippen LogP contribution is 2.15. The van der Waals surface area contributed by atoms with E-state index in [1.165, 1.54) is 7.11 Å². The Hall–Kier alpha value is -0.690. The molecular formula is C12H25N3O3. The van der Waals surface area contributed by atoms with Gasteiger partial charge in [0.25, 0.3) is 0 Å². The van der Waals surface area contributed by atoms with E-state index in [-0.39, 0.29) is 18.1 Å². The van der Waals surface area contributed by atoms with E-state index in [0.717, 1.165) is 26.2 Å². The maximum atomic E-state index is 11.5. The van der Waals surface area contributed by atoms with Gasteiger partial charge in [0.2, 0.25) is 5.91 Å².